The molecule has 0 fully saturated rings. The van der Waals surface area contributed by atoms with Crippen molar-refractivity contribution in [2.75, 3.05) is 6.61 Å². The standard InChI is InChI=1S/C6H12O6.Mg.2H/c7-1-3(9)5(11)6(12)4(10)2-8;;;/h1,3-6,8-12H,2H2;;;. The van der Waals surface area contributed by atoms with Crippen LogP contribution < -0.4 is 0 Å². The van der Waals surface area contributed by atoms with Gasteiger partial charge in [0, 0.05) is 0 Å². The van der Waals surface area contributed by atoms with Crippen molar-refractivity contribution < 1.29 is 30.3 Å². The predicted octanol–water partition coefficient (Wildman–Crippen LogP) is -4.29. The summed E-state index contributed by atoms with van der Waals surface area (Å²) in [6.45, 7) is -0.760. The van der Waals surface area contributed by atoms with Crippen LogP contribution in [0.2, 0.25) is 0 Å². The summed E-state index contributed by atoms with van der Waals surface area (Å²) < 4.78 is 0. The molecule has 4 atom stereocenters. The highest BCUT2D eigenvalue weighted by molar-refractivity contribution is 5.75. The predicted molar refractivity (Wildman–Crippen MR) is 45.7 cm³/mol. The third-order valence-electron chi connectivity index (χ3n) is 1.42. The minimum absolute atomic E-state index is 0. The second-order valence-electron chi connectivity index (χ2n) is 2.36. The first kappa shape index (κ1) is 15.7. The molecule has 0 heterocycles. The molecule has 0 aliphatic heterocycles. The minimum atomic E-state index is -1.79. The van der Waals surface area contributed by atoms with Gasteiger partial charge in [-0.3, -0.25) is 0 Å². The smallest absolute Gasteiger partial charge is 0.316 e. The lowest BCUT2D eigenvalue weighted by atomic mass is 10.0. The number of carbonyl (C=O) groups is 1. The molecule has 0 saturated carbocycles. The van der Waals surface area contributed by atoms with Crippen LogP contribution in [0.1, 0.15) is 0 Å². The molecule has 6 nitrogen and oxygen atoms in total. The molecular formula is C6H14MgO6. The van der Waals surface area contributed by atoms with E-state index in [1.54, 1.807) is 0 Å². The van der Waals surface area contributed by atoms with Crippen molar-refractivity contribution in [2.45, 2.75) is 24.4 Å². The zero-order valence-electron chi connectivity index (χ0n) is 6.24. The summed E-state index contributed by atoms with van der Waals surface area (Å²) in [5.41, 5.74) is 0. The molecular weight excluding hydrogens is 192 g/mol. The molecule has 7 heteroatoms. The van der Waals surface area contributed by atoms with Crippen LogP contribution >= 0.6 is 0 Å². The molecule has 0 aromatic rings. The van der Waals surface area contributed by atoms with Gasteiger partial charge in [0.2, 0.25) is 0 Å². The lowest BCUT2D eigenvalue weighted by molar-refractivity contribution is -0.136. The van der Waals surface area contributed by atoms with Crippen molar-refractivity contribution in [2.24, 2.45) is 0 Å². The number of rotatable bonds is 5. The number of aldehydes is 1. The lowest BCUT2D eigenvalue weighted by Gasteiger charge is -2.22. The van der Waals surface area contributed by atoms with Gasteiger partial charge in [-0.15, -0.1) is 0 Å². The van der Waals surface area contributed by atoms with E-state index in [1.165, 1.54) is 0 Å². The quantitative estimate of drug-likeness (QED) is 0.229. The summed E-state index contributed by atoms with van der Waals surface area (Å²) in [6.07, 6.45) is -6.84. The molecule has 0 radical (unpaired) electrons. The first-order valence-corrected chi connectivity index (χ1v) is 3.33. The van der Waals surface area contributed by atoms with Crippen LogP contribution in [0.5, 0.6) is 0 Å². The SMILES string of the molecule is O=CC(O)C(O)C(O)C(O)CO.[MgH2]. The summed E-state index contributed by atoms with van der Waals surface area (Å²) in [7, 11) is 0. The third-order valence-corrected chi connectivity index (χ3v) is 1.42. The number of aliphatic hydroxyl groups excluding tert-OH is 5. The topological polar surface area (TPSA) is 118 Å². The van der Waals surface area contributed by atoms with E-state index < -0.39 is 31.0 Å². The fourth-order valence-corrected chi connectivity index (χ4v) is 0.618. The molecule has 0 aliphatic carbocycles. The van der Waals surface area contributed by atoms with Crippen LogP contribution in [-0.4, -0.2) is 85.9 Å². The highest BCUT2D eigenvalue weighted by Gasteiger charge is 2.29. The normalized spacial score (nSPS) is 19.5. The van der Waals surface area contributed by atoms with Crippen molar-refractivity contribution >= 4 is 29.3 Å². The van der Waals surface area contributed by atoms with Crippen LogP contribution in [0.3, 0.4) is 0 Å². The van der Waals surface area contributed by atoms with Gasteiger partial charge in [-0.1, -0.05) is 0 Å². The molecule has 0 rings (SSSR count). The Labute approximate surface area is 91.0 Å². The Morgan fingerprint density at radius 1 is 1.08 bits per heavy atom. The van der Waals surface area contributed by atoms with Crippen LogP contribution in [0.25, 0.3) is 0 Å². The first-order valence-electron chi connectivity index (χ1n) is 3.33. The van der Waals surface area contributed by atoms with E-state index in [-0.39, 0.29) is 29.3 Å². The Morgan fingerprint density at radius 2 is 1.54 bits per heavy atom. The molecule has 0 aromatic heterocycles. The van der Waals surface area contributed by atoms with E-state index in [4.69, 9.17) is 25.5 Å². The van der Waals surface area contributed by atoms with Gasteiger partial charge in [0.25, 0.3) is 0 Å². The van der Waals surface area contributed by atoms with Gasteiger partial charge in [-0.2, -0.15) is 0 Å². The number of hydrogen-bond acceptors (Lipinski definition) is 6. The van der Waals surface area contributed by atoms with Crippen molar-refractivity contribution in [3.05, 3.63) is 0 Å². The fourth-order valence-electron chi connectivity index (χ4n) is 0.618. The largest absolute Gasteiger partial charge is 0.394 e. The van der Waals surface area contributed by atoms with E-state index in [9.17, 15) is 4.79 Å². The molecule has 0 bridgehead atoms. The Bertz CT molecular complexity index is 143. The molecule has 4 unspecified atom stereocenters. The highest BCUT2D eigenvalue weighted by Crippen LogP contribution is 2.02. The molecule has 13 heavy (non-hydrogen) atoms. The third kappa shape index (κ3) is 4.86. The van der Waals surface area contributed by atoms with Crippen molar-refractivity contribution in [3.8, 4) is 0 Å². The molecule has 0 aromatic carbocycles. The van der Waals surface area contributed by atoms with Crippen LogP contribution in [0.15, 0.2) is 0 Å². The second kappa shape index (κ2) is 7.62. The van der Waals surface area contributed by atoms with Gasteiger partial charge < -0.3 is 30.3 Å². The maximum absolute atomic E-state index is 9.90. The Balaban J connectivity index is 0. The van der Waals surface area contributed by atoms with Crippen LogP contribution in [0.4, 0.5) is 0 Å². The average Bonchev–Trinajstić information content (AvgIpc) is 2.12. The summed E-state index contributed by atoms with van der Waals surface area (Å²) in [6, 6.07) is 0. The first-order chi connectivity index (χ1) is 5.54. The Kier molecular flexibility index (Phi) is 9.20. The zero-order chi connectivity index (χ0) is 9.72. The summed E-state index contributed by atoms with van der Waals surface area (Å²) in [5.74, 6) is 0. The van der Waals surface area contributed by atoms with Crippen LogP contribution in [-0.2, 0) is 4.79 Å². The molecule has 0 spiro atoms. The van der Waals surface area contributed by atoms with E-state index >= 15 is 0 Å². The Morgan fingerprint density at radius 3 is 1.85 bits per heavy atom. The summed E-state index contributed by atoms with van der Waals surface area (Å²) >= 11 is 0. The zero-order valence-corrected chi connectivity index (χ0v) is 6.24. The highest BCUT2D eigenvalue weighted by atomic mass is 24.3. The lowest BCUT2D eigenvalue weighted by Crippen LogP contribution is -2.46. The van der Waals surface area contributed by atoms with E-state index in [0.29, 0.717) is 0 Å². The van der Waals surface area contributed by atoms with Crippen molar-refractivity contribution in [1.29, 1.82) is 0 Å². The monoisotopic (exact) mass is 206 g/mol. The maximum Gasteiger partial charge on any atom is 0.316 e. The van der Waals surface area contributed by atoms with E-state index in [2.05, 4.69) is 0 Å². The van der Waals surface area contributed by atoms with Crippen molar-refractivity contribution in [1.82, 2.24) is 0 Å². The number of aliphatic hydroxyl groups is 5. The second-order valence-corrected chi connectivity index (χ2v) is 2.36. The molecule has 76 valence electrons. The summed E-state index contributed by atoms with van der Waals surface area (Å²) in [5, 5.41) is 43.5. The summed E-state index contributed by atoms with van der Waals surface area (Å²) in [4.78, 5) is 9.90. The maximum atomic E-state index is 9.90. The Hall–Kier alpha value is 0.236. The molecule has 0 amide bonds. The minimum Gasteiger partial charge on any atom is -0.394 e. The number of carbonyl (C=O) groups excluding carboxylic acids is 1. The van der Waals surface area contributed by atoms with Gasteiger partial charge in [0.05, 0.1) is 6.61 Å². The van der Waals surface area contributed by atoms with E-state index in [0.717, 1.165) is 0 Å². The molecule has 5 N–H and O–H groups in total. The van der Waals surface area contributed by atoms with Gasteiger partial charge in [-0.25, -0.2) is 0 Å². The van der Waals surface area contributed by atoms with Crippen molar-refractivity contribution in [3.63, 3.8) is 0 Å². The molecule has 0 aliphatic rings. The number of hydrogen-bond donors (Lipinski definition) is 5. The average molecular weight is 206 g/mol. The van der Waals surface area contributed by atoms with Crippen LogP contribution in [0, 0.1) is 0 Å². The van der Waals surface area contributed by atoms with Gasteiger partial charge in [0.15, 0.2) is 6.29 Å². The van der Waals surface area contributed by atoms with Gasteiger partial charge in [0.1, 0.15) is 24.4 Å². The molecule has 0 saturated heterocycles. The van der Waals surface area contributed by atoms with E-state index in [1.807, 2.05) is 0 Å². The fraction of sp³-hybridized carbons (Fsp3) is 0.833. The van der Waals surface area contributed by atoms with Gasteiger partial charge in [-0.05, 0) is 0 Å². The van der Waals surface area contributed by atoms with Gasteiger partial charge >= 0.3 is 23.1 Å².